The Hall–Kier alpha value is -0.120. The minimum Gasteiger partial charge on any atom is -0.391 e. The number of rotatable bonds is 4. The van der Waals surface area contributed by atoms with Crippen molar-refractivity contribution in [3.05, 3.63) is 0 Å². The van der Waals surface area contributed by atoms with E-state index < -0.39 is 0 Å². The van der Waals surface area contributed by atoms with Crippen molar-refractivity contribution in [2.24, 2.45) is 5.92 Å². The Bertz CT molecular complexity index is 239. The first kappa shape index (κ1) is 14.3. The fourth-order valence-electron chi connectivity index (χ4n) is 3.59. The van der Waals surface area contributed by atoms with Crippen LogP contribution in [-0.2, 0) is 4.74 Å². The van der Waals surface area contributed by atoms with Crippen LogP contribution in [0, 0.1) is 5.92 Å². The van der Waals surface area contributed by atoms with Gasteiger partial charge in [-0.05, 0) is 44.9 Å². The van der Waals surface area contributed by atoms with Crippen molar-refractivity contribution >= 4 is 0 Å². The van der Waals surface area contributed by atoms with Gasteiger partial charge < -0.3 is 9.84 Å². The molecule has 3 atom stereocenters. The topological polar surface area (TPSA) is 32.7 Å². The van der Waals surface area contributed by atoms with Crippen LogP contribution in [0.25, 0.3) is 0 Å². The lowest BCUT2D eigenvalue weighted by Gasteiger charge is -2.43. The van der Waals surface area contributed by atoms with E-state index in [1.165, 1.54) is 19.3 Å². The summed E-state index contributed by atoms with van der Waals surface area (Å²) in [7, 11) is 0. The number of aliphatic hydroxyl groups is 1. The van der Waals surface area contributed by atoms with Crippen molar-refractivity contribution in [1.82, 2.24) is 4.90 Å². The molecule has 3 unspecified atom stereocenters. The molecule has 0 radical (unpaired) electrons. The molecule has 1 aliphatic carbocycles. The SMILES string of the molecule is CCOC1CCN(C2CC(CC)CCC2O)CC1. The van der Waals surface area contributed by atoms with E-state index in [1.54, 1.807) is 0 Å². The van der Waals surface area contributed by atoms with Crippen LogP contribution in [-0.4, -0.2) is 48.0 Å². The normalized spacial score (nSPS) is 35.8. The van der Waals surface area contributed by atoms with Gasteiger partial charge in [0.2, 0.25) is 0 Å². The smallest absolute Gasteiger partial charge is 0.0695 e. The Morgan fingerprint density at radius 1 is 1.11 bits per heavy atom. The lowest BCUT2D eigenvalue weighted by atomic mass is 9.81. The molecule has 2 rings (SSSR count). The first-order valence-electron chi connectivity index (χ1n) is 7.78. The molecule has 0 bridgehead atoms. The molecule has 2 aliphatic rings. The molecule has 0 amide bonds. The van der Waals surface area contributed by atoms with Crippen LogP contribution in [0.1, 0.15) is 52.4 Å². The summed E-state index contributed by atoms with van der Waals surface area (Å²) in [6.07, 6.45) is 7.28. The van der Waals surface area contributed by atoms with Gasteiger partial charge in [-0.15, -0.1) is 0 Å². The summed E-state index contributed by atoms with van der Waals surface area (Å²) in [6.45, 7) is 7.38. The predicted molar refractivity (Wildman–Crippen MR) is 73.6 cm³/mol. The first-order valence-corrected chi connectivity index (χ1v) is 7.78. The van der Waals surface area contributed by atoms with E-state index in [4.69, 9.17) is 4.74 Å². The summed E-state index contributed by atoms with van der Waals surface area (Å²) in [5, 5.41) is 10.2. The maximum Gasteiger partial charge on any atom is 0.0695 e. The van der Waals surface area contributed by atoms with Gasteiger partial charge in [0, 0.05) is 25.7 Å². The Labute approximate surface area is 112 Å². The van der Waals surface area contributed by atoms with Crippen LogP contribution < -0.4 is 0 Å². The molecule has 3 heteroatoms. The number of likely N-dealkylation sites (tertiary alicyclic amines) is 1. The van der Waals surface area contributed by atoms with Gasteiger partial charge in [0.25, 0.3) is 0 Å². The number of piperidine rings is 1. The third-order valence-electron chi connectivity index (χ3n) is 4.81. The van der Waals surface area contributed by atoms with E-state index in [-0.39, 0.29) is 6.10 Å². The van der Waals surface area contributed by atoms with Crippen molar-refractivity contribution in [2.45, 2.75) is 70.6 Å². The molecule has 1 N–H and O–H groups in total. The Kier molecular flexibility index (Phi) is 5.46. The molecule has 0 aromatic carbocycles. The Balaban J connectivity index is 1.83. The molecular formula is C15H29NO2. The summed E-state index contributed by atoms with van der Waals surface area (Å²) in [5.41, 5.74) is 0. The highest BCUT2D eigenvalue weighted by atomic mass is 16.5. The van der Waals surface area contributed by atoms with Gasteiger partial charge in [-0.3, -0.25) is 4.90 Å². The third kappa shape index (κ3) is 3.46. The van der Waals surface area contributed by atoms with Gasteiger partial charge in [-0.2, -0.15) is 0 Å². The number of hydrogen-bond donors (Lipinski definition) is 1. The van der Waals surface area contributed by atoms with Crippen molar-refractivity contribution in [2.75, 3.05) is 19.7 Å². The number of hydrogen-bond acceptors (Lipinski definition) is 3. The number of nitrogens with zero attached hydrogens (tertiary/aromatic N) is 1. The molecule has 0 aromatic rings. The molecule has 0 spiro atoms. The molecule has 106 valence electrons. The van der Waals surface area contributed by atoms with E-state index in [9.17, 15) is 5.11 Å². The summed E-state index contributed by atoms with van der Waals surface area (Å²) in [6, 6.07) is 0.409. The summed E-state index contributed by atoms with van der Waals surface area (Å²) in [5.74, 6) is 0.822. The van der Waals surface area contributed by atoms with Crippen LogP contribution in [0.2, 0.25) is 0 Å². The monoisotopic (exact) mass is 255 g/mol. The van der Waals surface area contributed by atoms with Crippen LogP contribution in [0.5, 0.6) is 0 Å². The van der Waals surface area contributed by atoms with E-state index >= 15 is 0 Å². The van der Waals surface area contributed by atoms with Crippen LogP contribution >= 0.6 is 0 Å². The zero-order valence-electron chi connectivity index (χ0n) is 12.0. The van der Waals surface area contributed by atoms with Crippen LogP contribution in [0.15, 0.2) is 0 Å². The maximum absolute atomic E-state index is 10.2. The van der Waals surface area contributed by atoms with E-state index in [0.29, 0.717) is 12.1 Å². The van der Waals surface area contributed by atoms with E-state index in [1.807, 2.05) is 0 Å². The lowest BCUT2D eigenvalue weighted by Crippen LogP contribution is -2.51. The van der Waals surface area contributed by atoms with Crippen LogP contribution in [0.4, 0.5) is 0 Å². The Morgan fingerprint density at radius 2 is 1.83 bits per heavy atom. The van der Waals surface area contributed by atoms with Gasteiger partial charge in [0.15, 0.2) is 0 Å². The molecule has 3 nitrogen and oxygen atoms in total. The minimum atomic E-state index is -0.101. The number of ether oxygens (including phenoxy) is 1. The third-order valence-corrected chi connectivity index (χ3v) is 4.81. The van der Waals surface area contributed by atoms with Crippen molar-refractivity contribution < 1.29 is 9.84 Å². The molecule has 1 aliphatic heterocycles. The molecule has 1 heterocycles. The zero-order chi connectivity index (χ0) is 13.0. The standard InChI is InChI=1S/C15H29NO2/c1-3-12-5-6-15(17)14(11-12)16-9-7-13(8-10-16)18-4-2/h12-15,17H,3-11H2,1-2H3. The van der Waals surface area contributed by atoms with Gasteiger partial charge in [0.05, 0.1) is 12.2 Å². The minimum absolute atomic E-state index is 0.101. The first-order chi connectivity index (χ1) is 8.74. The average Bonchev–Trinajstić information content (AvgIpc) is 2.41. The van der Waals surface area contributed by atoms with E-state index in [0.717, 1.165) is 44.9 Å². The predicted octanol–water partition coefficient (Wildman–Crippen LogP) is 2.43. The van der Waals surface area contributed by atoms with E-state index in [2.05, 4.69) is 18.7 Å². The summed E-state index contributed by atoms with van der Waals surface area (Å²) >= 11 is 0. The zero-order valence-corrected chi connectivity index (χ0v) is 12.0. The second-order valence-electron chi connectivity index (χ2n) is 5.91. The second-order valence-corrected chi connectivity index (χ2v) is 5.91. The molecule has 0 aromatic heterocycles. The summed E-state index contributed by atoms with van der Waals surface area (Å²) < 4.78 is 5.70. The largest absolute Gasteiger partial charge is 0.391 e. The molecule has 18 heavy (non-hydrogen) atoms. The van der Waals surface area contributed by atoms with Gasteiger partial charge in [-0.1, -0.05) is 13.3 Å². The van der Waals surface area contributed by atoms with Gasteiger partial charge >= 0.3 is 0 Å². The fourth-order valence-corrected chi connectivity index (χ4v) is 3.59. The molecule has 1 saturated carbocycles. The maximum atomic E-state index is 10.2. The Morgan fingerprint density at radius 3 is 2.44 bits per heavy atom. The molecule has 2 fully saturated rings. The van der Waals surface area contributed by atoms with Gasteiger partial charge in [-0.25, -0.2) is 0 Å². The second kappa shape index (κ2) is 6.88. The number of aliphatic hydroxyl groups excluding tert-OH is 1. The molecule has 1 saturated heterocycles. The molecular weight excluding hydrogens is 226 g/mol. The van der Waals surface area contributed by atoms with Crippen molar-refractivity contribution in [3.8, 4) is 0 Å². The lowest BCUT2D eigenvalue weighted by molar-refractivity contribution is -0.0399. The highest BCUT2D eigenvalue weighted by Gasteiger charge is 2.34. The highest BCUT2D eigenvalue weighted by molar-refractivity contribution is 4.88. The highest BCUT2D eigenvalue weighted by Crippen LogP contribution is 2.31. The van der Waals surface area contributed by atoms with Gasteiger partial charge in [0.1, 0.15) is 0 Å². The van der Waals surface area contributed by atoms with Crippen molar-refractivity contribution in [1.29, 1.82) is 0 Å². The average molecular weight is 255 g/mol. The van der Waals surface area contributed by atoms with Crippen molar-refractivity contribution in [3.63, 3.8) is 0 Å². The quantitative estimate of drug-likeness (QED) is 0.837. The van der Waals surface area contributed by atoms with Crippen LogP contribution in [0.3, 0.4) is 0 Å². The summed E-state index contributed by atoms with van der Waals surface area (Å²) in [4.78, 5) is 2.52. The fraction of sp³-hybridized carbons (Fsp3) is 1.00.